The predicted octanol–water partition coefficient (Wildman–Crippen LogP) is 3.96. The van der Waals surface area contributed by atoms with E-state index < -0.39 is 31.8 Å². The average Bonchev–Trinajstić information content (AvgIpc) is 3.16. The Morgan fingerprint density at radius 1 is 0.676 bits per heavy atom. The molecule has 194 valence electrons. The van der Waals surface area contributed by atoms with Gasteiger partial charge >= 0.3 is 6.18 Å². The molecule has 0 aliphatic carbocycles. The third-order valence-electron chi connectivity index (χ3n) is 5.32. The van der Waals surface area contributed by atoms with Gasteiger partial charge in [0.05, 0.1) is 21.0 Å². The Morgan fingerprint density at radius 2 is 1.16 bits per heavy atom. The number of anilines is 3. The third kappa shape index (κ3) is 5.75. The first-order valence-corrected chi connectivity index (χ1v) is 13.5. The fraction of sp³-hybridized carbons (Fsp3) is 0.130. The van der Waals surface area contributed by atoms with Gasteiger partial charge in [0.2, 0.25) is 11.8 Å². The summed E-state index contributed by atoms with van der Waals surface area (Å²) in [6.45, 7) is 0. The number of amides is 2. The van der Waals surface area contributed by atoms with Crippen LogP contribution < -0.4 is 14.3 Å². The highest BCUT2D eigenvalue weighted by molar-refractivity contribution is 7.93. The number of imide groups is 1. The molecule has 9 nitrogen and oxygen atoms in total. The van der Waals surface area contributed by atoms with Gasteiger partial charge in [-0.1, -0.05) is 6.07 Å². The lowest BCUT2D eigenvalue weighted by Crippen LogP contribution is -2.28. The molecule has 14 heteroatoms. The van der Waals surface area contributed by atoms with Crippen molar-refractivity contribution in [3.05, 3.63) is 78.4 Å². The van der Waals surface area contributed by atoms with Crippen molar-refractivity contribution in [3.8, 4) is 0 Å². The summed E-state index contributed by atoms with van der Waals surface area (Å²) >= 11 is 0. The molecule has 1 fully saturated rings. The highest BCUT2D eigenvalue weighted by Crippen LogP contribution is 2.31. The largest absolute Gasteiger partial charge is 0.416 e. The first kappa shape index (κ1) is 26.2. The lowest BCUT2D eigenvalue weighted by Gasteiger charge is -2.15. The van der Waals surface area contributed by atoms with Crippen molar-refractivity contribution in [2.75, 3.05) is 14.3 Å². The summed E-state index contributed by atoms with van der Waals surface area (Å²) in [4.78, 5) is 24.2. The minimum atomic E-state index is -4.65. The predicted molar refractivity (Wildman–Crippen MR) is 128 cm³/mol. The fourth-order valence-electron chi connectivity index (χ4n) is 3.53. The number of hydrogen-bond donors (Lipinski definition) is 2. The Kier molecular flexibility index (Phi) is 6.73. The van der Waals surface area contributed by atoms with Crippen LogP contribution in [-0.4, -0.2) is 28.6 Å². The van der Waals surface area contributed by atoms with Gasteiger partial charge in [0.1, 0.15) is 0 Å². The smallest absolute Gasteiger partial charge is 0.280 e. The number of nitrogens with zero attached hydrogens (tertiary/aromatic N) is 1. The van der Waals surface area contributed by atoms with Gasteiger partial charge < -0.3 is 0 Å². The fourth-order valence-corrected chi connectivity index (χ4v) is 5.64. The van der Waals surface area contributed by atoms with Gasteiger partial charge in [0.25, 0.3) is 20.0 Å². The van der Waals surface area contributed by atoms with Gasteiger partial charge in [-0.05, 0) is 66.7 Å². The maximum absolute atomic E-state index is 12.9. The Balaban J connectivity index is 1.47. The second-order valence-electron chi connectivity index (χ2n) is 7.93. The molecule has 0 spiro atoms. The van der Waals surface area contributed by atoms with Gasteiger partial charge in [-0.3, -0.25) is 23.9 Å². The second-order valence-corrected chi connectivity index (χ2v) is 11.3. The van der Waals surface area contributed by atoms with Crippen LogP contribution in [0.15, 0.2) is 82.6 Å². The molecule has 1 saturated heterocycles. The molecular weight excluding hydrogens is 535 g/mol. The van der Waals surface area contributed by atoms with E-state index in [0.29, 0.717) is 6.07 Å². The van der Waals surface area contributed by atoms with E-state index in [1.54, 1.807) is 0 Å². The van der Waals surface area contributed by atoms with Crippen LogP contribution in [0.25, 0.3) is 0 Å². The number of rotatable bonds is 7. The summed E-state index contributed by atoms with van der Waals surface area (Å²) in [6.07, 6.45) is -4.48. The summed E-state index contributed by atoms with van der Waals surface area (Å²) in [5, 5.41) is 0. The zero-order valence-corrected chi connectivity index (χ0v) is 20.3. The summed E-state index contributed by atoms with van der Waals surface area (Å²) < 4.78 is 93.6. The zero-order valence-electron chi connectivity index (χ0n) is 18.7. The topological polar surface area (TPSA) is 130 Å². The van der Waals surface area contributed by atoms with Crippen molar-refractivity contribution >= 4 is 48.9 Å². The van der Waals surface area contributed by atoms with Crippen LogP contribution in [0.3, 0.4) is 0 Å². The maximum Gasteiger partial charge on any atom is 0.416 e. The Bertz CT molecular complexity index is 1560. The lowest BCUT2D eigenvalue weighted by atomic mass is 10.2. The van der Waals surface area contributed by atoms with E-state index in [1.165, 1.54) is 36.4 Å². The summed E-state index contributed by atoms with van der Waals surface area (Å²) in [5.41, 5.74) is -1.05. The van der Waals surface area contributed by atoms with Gasteiger partial charge in [0, 0.05) is 24.2 Å². The molecule has 37 heavy (non-hydrogen) atoms. The van der Waals surface area contributed by atoms with E-state index in [0.717, 1.165) is 35.2 Å². The van der Waals surface area contributed by atoms with Crippen molar-refractivity contribution in [2.45, 2.75) is 28.8 Å². The molecule has 2 N–H and O–H groups in total. The summed E-state index contributed by atoms with van der Waals surface area (Å²) in [7, 11) is -8.37. The van der Waals surface area contributed by atoms with Crippen LogP contribution in [0.2, 0.25) is 0 Å². The molecule has 3 aromatic rings. The average molecular weight is 554 g/mol. The molecule has 2 amide bonds. The summed E-state index contributed by atoms with van der Waals surface area (Å²) in [6, 6.07) is 13.3. The minimum Gasteiger partial charge on any atom is -0.280 e. The Morgan fingerprint density at radius 3 is 1.68 bits per heavy atom. The van der Waals surface area contributed by atoms with Gasteiger partial charge in [-0.25, -0.2) is 16.8 Å². The van der Waals surface area contributed by atoms with Crippen LogP contribution in [0.5, 0.6) is 0 Å². The number of sulfonamides is 2. The monoisotopic (exact) mass is 553 g/mol. The summed E-state index contributed by atoms with van der Waals surface area (Å²) in [5.74, 6) is -0.757. The van der Waals surface area contributed by atoms with Crippen molar-refractivity contribution in [2.24, 2.45) is 0 Å². The van der Waals surface area contributed by atoms with Crippen LogP contribution in [0, 0.1) is 0 Å². The van der Waals surface area contributed by atoms with Crippen molar-refractivity contribution in [1.29, 1.82) is 0 Å². The molecule has 0 unspecified atom stereocenters. The van der Waals surface area contributed by atoms with E-state index >= 15 is 0 Å². The van der Waals surface area contributed by atoms with Gasteiger partial charge in [-0.2, -0.15) is 13.2 Å². The molecular formula is C23H18F3N3O6S2. The van der Waals surface area contributed by atoms with Crippen LogP contribution in [0.1, 0.15) is 18.4 Å². The number of carbonyl (C=O) groups is 2. The number of alkyl halides is 3. The number of halogens is 3. The SMILES string of the molecule is O=C1CCC(=O)N1c1ccc(S(=O)(=O)Nc2ccc(S(=O)(=O)Nc3cccc(C(F)(F)F)c3)cc2)cc1. The molecule has 0 bridgehead atoms. The number of benzene rings is 3. The van der Waals surface area contributed by atoms with Crippen LogP contribution in [0.4, 0.5) is 30.2 Å². The first-order valence-electron chi connectivity index (χ1n) is 10.6. The van der Waals surface area contributed by atoms with Crippen molar-refractivity contribution in [3.63, 3.8) is 0 Å². The molecule has 3 aromatic carbocycles. The second kappa shape index (κ2) is 9.52. The van der Waals surface area contributed by atoms with Gasteiger partial charge in [-0.15, -0.1) is 0 Å². The van der Waals surface area contributed by atoms with Gasteiger partial charge in [0.15, 0.2) is 0 Å². The first-order chi connectivity index (χ1) is 17.3. The molecule has 0 aromatic heterocycles. The van der Waals surface area contributed by atoms with Crippen molar-refractivity contribution < 1.29 is 39.6 Å². The minimum absolute atomic E-state index is 0.0204. The highest BCUT2D eigenvalue weighted by Gasteiger charge is 2.31. The Hall–Kier alpha value is -3.91. The van der Waals surface area contributed by atoms with E-state index in [1.807, 2.05) is 0 Å². The quantitative estimate of drug-likeness (QED) is 0.426. The van der Waals surface area contributed by atoms with Crippen LogP contribution >= 0.6 is 0 Å². The molecule has 0 atom stereocenters. The molecule has 0 saturated carbocycles. The standard InChI is InChI=1S/C23H18F3N3O6S2/c24-23(25,26)15-2-1-3-17(14-15)28-37(34,35)19-8-4-16(5-9-19)27-36(32,33)20-10-6-18(7-11-20)29-21(30)12-13-22(29)31/h1-11,14,27-28H,12-13H2. The molecule has 0 radical (unpaired) electrons. The molecule has 1 heterocycles. The normalized spacial score (nSPS) is 14.6. The third-order valence-corrected chi connectivity index (χ3v) is 8.11. The molecule has 1 aliphatic rings. The Labute approximate surface area is 210 Å². The lowest BCUT2D eigenvalue weighted by molar-refractivity contribution is -0.137. The zero-order chi connectivity index (χ0) is 27.0. The van der Waals surface area contributed by atoms with E-state index in [4.69, 9.17) is 0 Å². The number of hydrogen-bond acceptors (Lipinski definition) is 6. The van der Waals surface area contributed by atoms with E-state index in [2.05, 4.69) is 9.44 Å². The van der Waals surface area contributed by atoms with E-state index in [-0.39, 0.29) is 51.5 Å². The van der Waals surface area contributed by atoms with Crippen LogP contribution in [-0.2, 0) is 35.8 Å². The van der Waals surface area contributed by atoms with Crippen molar-refractivity contribution in [1.82, 2.24) is 0 Å². The molecule has 1 aliphatic heterocycles. The molecule has 4 rings (SSSR count). The highest BCUT2D eigenvalue weighted by atomic mass is 32.2. The van der Waals surface area contributed by atoms with E-state index in [9.17, 15) is 39.6 Å². The number of carbonyl (C=O) groups excluding carboxylic acids is 2. The maximum atomic E-state index is 12.9. The number of nitrogens with one attached hydrogen (secondary N) is 2.